The highest BCUT2D eigenvalue weighted by Gasteiger charge is 2.22. The van der Waals surface area contributed by atoms with Gasteiger partial charge >= 0.3 is 5.97 Å². The molecule has 0 bridgehead atoms. The molecule has 1 heterocycles. The van der Waals surface area contributed by atoms with Crippen LogP contribution < -0.4 is 5.32 Å². The van der Waals surface area contributed by atoms with Gasteiger partial charge in [-0.25, -0.2) is 4.98 Å². The average Bonchev–Trinajstić information content (AvgIpc) is 2.86. The van der Waals surface area contributed by atoms with Crippen molar-refractivity contribution >= 4 is 34.7 Å². The van der Waals surface area contributed by atoms with Gasteiger partial charge in [0, 0.05) is 5.54 Å². The van der Waals surface area contributed by atoms with Gasteiger partial charge in [-0.3, -0.25) is 9.59 Å². The zero-order chi connectivity index (χ0) is 17.0. The molecule has 0 aliphatic heterocycles. The number of thioether (sulfide) groups is 1. The molecule has 0 aliphatic rings. The maximum Gasteiger partial charge on any atom is 0.317 e. The van der Waals surface area contributed by atoms with Gasteiger partial charge in [0.2, 0.25) is 0 Å². The molecule has 0 spiro atoms. The van der Waals surface area contributed by atoms with Gasteiger partial charge in [-0.05, 0) is 39.8 Å². The van der Waals surface area contributed by atoms with Crippen LogP contribution in [0.5, 0.6) is 0 Å². The standard InChI is InChI=1S/C16H20N2O4S/c1-10(14(20)18-16(2,3)4)21-13(19)9-23-15-17-11-7-5-6-8-12(11)22-15/h5-8,10H,9H2,1-4H3,(H,18,20)/t10-/m1/s1. The molecule has 0 aliphatic carbocycles. The maximum absolute atomic E-state index is 11.9. The van der Waals surface area contributed by atoms with E-state index in [0.29, 0.717) is 10.8 Å². The van der Waals surface area contributed by atoms with E-state index < -0.39 is 12.1 Å². The van der Waals surface area contributed by atoms with Crippen molar-refractivity contribution in [3.63, 3.8) is 0 Å². The Morgan fingerprint density at radius 2 is 2.04 bits per heavy atom. The molecular formula is C16H20N2O4S. The first kappa shape index (κ1) is 17.3. The van der Waals surface area contributed by atoms with Crippen molar-refractivity contribution in [2.75, 3.05) is 5.75 Å². The molecule has 1 atom stereocenters. The molecule has 23 heavy (non-hydrogen) atoms. The minimum atomic E-state index is -0.842. The molecule has 6 nitrogen and oxygen atoms in total. The van der Waals surface area contributed by atoms with Gasteiger partial charge in [0.05, 0.1) is 0 Å². The number of fused-ring (bicyclic) bond motifs is 1. The highest BCUT2D eigenvalue weighted by atomic mass is 32.2. The normalized spacial score (nSPS) is 12.9. The number of hydrogen-bond donors (Lipinski definition) is 1. The fourth-order valence-corrected chi connectivity index (χ4v) is 2.41. The zero-order valence-corrected chi connectivity index (χ0v) is 14.4. The van der Waals surface area contributed by atoms with E-state index in [1.807, 2.05) is 45.0 Å². The molecule has 0 saturated heterocycles. The number of carbonyl (C=O) groups excluding carboxylic acids is 2. The van der Waals surface area contributed by atoms with Crippen molar-refractivity contribution in [2.24, 2.45) is 0 Å². The Bertz CT molecular complexity index is 672. The fourth-order valence-electron chi connectivity index (χ4n) is 1.79. The lowest BCUT2D eigenvalue weighted by atomic mass is 10.1. The monoisotopic (exact) mass is 336 g/mol. The first-order valence-electron chi connectivity index (χ1n) is 7.24. The SMILES string of the molecule is C[C@@H](OC(=O)CSc1nc2ccccc2o1)C(=O)NC(C)(C)C. The number of benzene rings is 1. The van der Waals surface area contributed by atoms with Gasteiger partial charge in [0.1, 0.15) is 11.3 Å². The summed E-state index contributed by atoms with van der Waals surface area (Å²) < 4.78 is 10.6. The lowest BCUT2D eigenvalue weighted by molar-refractivity contribution is -0.152. The Morgan fingerprint density at radius 3 is 2.70 bits per heavy atom. The van der Waals surface area contributed by atoms with Gasteiger partial charge in [-0.1, -0.05) is 23.9 Å². The number of oxazole rings is 1. The number of aromatic nitrogens is 1. The Balaban J connectivity index is 1.83. The summed E-state index contributed by atoms with van der Waals surface area (Å²) in [6.07, 6.45) is -0.842. The number of hydrogen-bond acceptors (Lipinski definition) is 6. The molecule has 0 unspecified atom stereocenters. The Kier molecular flexibility index (Phi) is 5.30. The van der Waals surface area contributed by atoms with E-state index in [0.717, 1.165) is 17.3 Å². The third-order valence-corrected chi connectivity index (χ3v) is 3.57. The highest BCUT2D eigenvalue weighted by Crippen LogP contribution is 2.23. The summed E-state index contributed by atoms with van der Waals surface area (Å²) in [5.74, 6) is -0.786. The molecule has 2 aromatic rings. The predicted octanol–water partition coefficient (Wildman–Crippen LogP) is 2.77. The van der Waals surface area contributed by atoms with Crippen LogP contribution in [0.1, 0.15) is 27.7 Å². The van der Waals surface area contributed by atoms with E-state index in [2.05, 4.69) is 10.3 Å². The zero-order valence-electron chi connectivity index (χ0n) is 13.6. The second kappa shape index (κ2) is 7.04. The minimum Gasteiger partial charge on any atom is -0.452 e. The Labute approximate surface area is 139 Å². The molecule has 2 rings (SSSR count). The minimum absolute atomic E-state index is 0.0277. The summed E-state index contributed by atoms with van der Waals surface area (Å²) in [7, 11) is 0. The van der Waals surface area contributed by atoms with Gasteiger partial charge in [0.25, 0.3) is 11.1 Å². The molecule has 1 N–H and O–H groups in total. The lowest BCUT2D eigenvalue weighted by Gasteiger charge is -2.23. The van der Waals surface area contributed by atoms with E-state index in [1.54, 1.807) is 6.92 Å². The van der Waals surface area contributed by atoms with E-state index >= 15 is 0 Å². The molecule has 1 aromatic carbocycles. The van der Waals surface area contributed by atoms with Crippen LogP contribution >= 0.6 is 11.8 Å². The summed E-state index contributed by atoms with van der Waals surface area (Å²) in [6.45, 7) is 7.14. The number of carbonyl (C=O) groups is 2. The van der Waals surface area contributed by atoms with Crippen LogP contribution in [0.3, 0.4) is 0 Å². The second-order valence-corrected chi connectivity index (χ2v) is 7.03. The number of rotatable bonds is 5. The van der Waals surface area contributed by atoms with Crippen molar-refractivity contribution in [3.8, 4) is 0 Å². The first-order chi connectivity index (χ1) is 10.7. The lowest BCUT2D eigenvalue weighted by Crippen LogP contribution is -2.46. The summed E-state index contributed by atoms with van der Waals surface area (Å²) in [6, 6.07) is 7.36. The Hall–Kier alpha value is -2.02. The summed E-state index contributed by atoms with van der Waals surface area (Å²) in [5.41, 5.74) is 1.03. The van der Waals surface area contributed by atoms with Gasteiger partial charge in [-0.15, -0.1) is 0 Å². The van der Waals surface area contributed by atoms with Gasteiger partial charge in [0.15, 0.2) is 11.7 Å². The number of para-hydroxylation sites is 2. The van der Waals surface area contributed by atoms with Crippen LogP contribution in [0.4, 0.5) is 0 Å². The third-order valence-electron chi connectivity index (χ3n) is 2.76. The molecule has 0 saturated carbocycles. The molecule has 7 heteroatoms. The smallest absolute Gasteiger partial charge is 0.317 e. The highest BCUT2D eigenvalue weighted by molar-refractivity contribution is 7.99. The summed E-state index contributed by atoms with van der Waals surface area (Å²) in [4.78, 5) is 27.9. The molecule has 1 amide bonds. The first-order valence-corrected chi connectivity index (χ1v) is 8.23. The third kappa shape index (κ3) is 5.28. The van der Waals surface area contributed by atoms with Crippen molar-refractivity contribution in [1.82, 2.24) is 10.3 Å². The van der Waals surface area contributed by atoms with Crippen LogP contribution in [0.25, 0.3) is 11.1 Å². The van der Waals surface area contributed by atoms with Gasteiger partial charge < -0.3 is 14.5 Å². The predicted molar refractivity (Wildman–Crippen MR) is 88.2 cm³/mol. The van der Waals surface area contributed by atoms with Crippen LogP contribution in [-0.2, 0) is 14.3 Å². The fraction of sp³-hybridized carbons (Fsp3) is 0.438. The number of amides is 1. The average molecular weight is 336 g/mol. The summed E-state index contributed by atoms with van der Waals surface area (Å²) >= 11 is 1.14. The topological polar surface area (TPSA) is 81.4 Å². The second-order valence-electron chi connectivity index (χ2n) is 6.11. The molecule has 0 fully saturated rings. The van der Waals surface area contributed by atoms with Crippen LogP contribution in [-0.4, -0.2) is 34.3 Å². The maximum atomic E-state index is 11.9. The van der Waals surface area contributed by atoms with Crippen LogP contribution in [0.2, 0.25) is 0 Å². The van der Waals surface area contributed by atoms with E-state index in [1.165, 1.54) is 0 Å². The summed E-state index contributed by atoms with van der Waals surface area (Å²) in [5, 5.41) is 3.16. The number of esters is 1. The van der Waals surface area contributed by atoms with Crippen LogP contribution in [0, 0.1) is 0 Å². The van der Waals surface area contributed by atoms with Gasteiger partial charge in [-0.2, -0.15) is 0 Å². The number of ether oxygens (including phenoxy) is 1. The van der Waals surface area contributed by atoms with Crippen molar-refractivity contribution in [2.45, 2.75) is 44.6 Å². The molecule has 124 valence electrons. The van der Waals surface area contributed by atoms with Crippen molar-refractivity contribution < 1.29 is 18.7 Å². The van der Waals surface area contributed by atoms with E-state index in [-0.39, 0.29) is 17.2 Å². The Morgan fingerprint density at radius 1 is 1.35 bits per heavy atom. The van der Waals surface area contributed by atoms with E-state index in [9.17, 15) is 9.59 Å². The van der Waals surface area contributed by atoms with Crippen molar-refractivity contribution in [3.05, 3.63) is 24.3 Å². The number of nitrogens with zero attached hydrogens (tertiary/aromatic N) is 1. The molecule has 0 radical (unpaired) electrons. The van der Waals surface area contributed by atoms with E-state index in [4.69, 9.17) is 9.15 Å². The van der Waals surface area contributed by atoms with Crippen LogP contribution in [0.15, 0.2) is 33.9 Å². The van der Waals surface area contributed by atoms with Crippen molar-refractivity contribution in [1.29, 1.82) is 0 Å². The largest absolute Gasteiger partial charge is 0.452 e. The quantitative estimate of drug-likeness (QED) is 0.668. The number of nitrogens with one attached hydrogen (secondary N) is 1. The molecule has 1 aromatic heterocycles. The molecular weight excluding hydrogens is 316 g/mol.